The molecule has 25 heavy (non-hydrogen) atoms. The number of hydrogen-bond acceptors (Lipinski definition) is 6. The predicted octanol–water partition coefficient (Wildman–Crippen LogP) is 2.61. The van der Waals surface area contributed by atoms with E-state index in [1.807, 2.05) is 4.72 Å². The van der Waals surface area contributed by atoms with Crippen molar-refractivity contribution in [1.82, 2.24) is 4.98 Å². The lowest BCUT2D eigenvalue weighted by atomic mass is 10.2. The lowest BCUT2D eigenvalue weighted by Gasteiger charge is -2.17. The summed E-state index contributed by atoms with van der Waals surface area (Å²) in [6.45, 7) is 1.46. The highest BCUT2D eigenvalue weighted by molar-refractivity contribution is 7.87. The second kappa shape index (κ2) is 7.54. The number of benzene rings is 1. The van der Waals surface area contributed by atoms with Gasteiger partial charge in [-0.3, -0.25) is 9.27 Å². The summed E-state index contributed by atoms with van der Waals surface area (Å²) in [5, 5.41) is 3.55. The molecule has 3 N–H and O–H groups in total. The van der Waals surface area contributed by atoms with Crippen LogP contribution in [-0.2, 0) is 26.3 Å². The van der Waals surface area contributed by atoms with Crippen LogP contribution in [0.5, 0.6) is 0 Å². The van der Waals surface area contributed by atoms with E-state index < -0.39 is 16.6 Å². The van der Waals surface area contributed by atoms with E-state index in [1.54, 1.807) is 36.5 Å². The number of ether oxygens (including phenoxy) is 2. The highest BCUT2D eigenvalue weighted by Crippen LogP contribution is 2.34. The largest absolute Gasteiger partial charge is 0.380 e. The molecule has 0 aliphatic carbocycles. The first-order valence-electron chi connectivity index (χ1n) is 7.38. The van der Waals surface area contributed by atoms with Crippen LogP contribution in [0.2, 0.25) is 5.15 Å². The molecule has 0 saturated carbocycles. The summed E-state index contributed by atoms with van der Waals surface area (Å²) in [6, 6.07) is 8.33. The zero-order valence-electron chi connectivity index (χ0n) is 13.0. The average Bonchev–Trinajstić information content (AvgIpc) is 3.07. The lowest BCUT2D eigenvalue weighted by Crippen LogP contribution is -2.10. The van der Waals surface area contributed by atoms with Crippen LogP contribution in [0.1, 0.15) is 17.4 Å². The minimum atomic E-state index is -4.28. The van der Waals surface area contributed by atoms with Gasteiger partial charge >= 0.3 is 10.3 Å². The van der Waals surface area contributed by atoms with Gasteiger partial charge in [0.1, 0.15) is 5.15 Å². The van der Waals surface area contributed by atoms with Crippen molar-refractivity contribution in [2.24, 2.45) is 0 Å². The van der Waals surface area contributed by atoms with Crippen molar-refractivity contribution >= 4 is 33.3 Å². The second-order valence-electron chi connectivity index (χ2n) is 5.26. The van der Waals surface area contributed by atoms with Gasteiger partial charge in [0.05, 0.1) is 24.5 Å². The smallest absolute Gasteiger partial charge is 0.357 e. The van der Waals surface area contributed by atoms with Gasteiger partial charge in [0, 0.05) is 18.4 Å². The number of nitrogens with one attached hydrogen (secondary N) is 2. The van der Waals surface area contributed by atoms with Crippen LogP contribution in [0.3, 0.4) is 0 Å². The summed E-state index contributed by atoms with van der Waals surface area (Å²) in [4.78, 5) is 4.06. The van der Waals surface area contributed by atoms with Crippen molar-refractivity contribution in [3.63, 3.8) is 0 Å². The fourth-order valence-corrected chi connectivity index (χ4v) is 3.07. The third-order valence-electron chi connectivity index (χ3n) is 3.48. The highest BCUT2D eigenvalue weighted by Gasteiger charge is 2.24. The van der Waals surface area contributed by atoms with Gasteiger partial charge in [-0.1, -0.05) is 23.7 Å². The molecule has 0 amide bonds. The normalized spacial score (nSPS) is 15.3. The minimum absolute atomic E-state index is 0.270. The van der Waals surface area contributed by atoms with Crippen LogP contribution in [0, 0.1) is 0 Å². The molecular formula is C15H16ClN3O5S. The number of hydrogen-bond donors (Lipinski definition) is 3. The third-order valence-corrected chi connectivity index (χ3v) is 4.28. The van der Waals surface area contributed by atoms with E-state index in [0.29, 0.717) is 30.5 Å². The quantitative estimate of drug-likeness (QED) is 0.517. The molecule has 1 saturated heterocycles. The van der Waals surface area contributed by atoms with Gasteiger partial charge in [-0.25, -0.2) is 4.98 Å². The van der Waals surface area contributed by atoms with E-state index in [2.05, 4.69) is 10.3 Å². The van der Waals surface area contributed by atoms with Gasteiger partial charge in [0.2, 0.25) is 0 Å². The van der Waals surface area contributed by atoms with Crippen molar-refractivity contribution in [3.05, 3.63) is 52.8 Å². The Morgan fingerprint density at radius 1 is 1.20 bits per heavy atom. The maximum atomic E-state index is 10.8. The van der Waals surface area contributed by atoms with E-state index in [1.165, 1.54) is 0 Å². The summed E-state index contributed by atoms with van der Waals surface area (Å²) < 4.78 is 43.3. The maximum absolute atomic E-state index is 10.8. The van der Waals surface area contributed by atoms with Gasteiger partial charge in [-0.2, -0.15) is 8.42 Å². The van der Waals surface area contributed by atoms with Crippen LogP contribution < -0.4 is 10.0 Å². The number of anilines is 2. The molecule has 0 bridgehead atoms. The SMILES string of the molecule is O=S(=O)(O)Nc1ccc(CNc2ccnc(Cl)c2C2OCCO2)cc1. The number of halogens is 1. The van der Waals surface area contributed by atoms with Crippen LogP contribution in [0.15, 0.2) is 36.5 Å². The number of nitrogens with zero attached hydrogens (tertiary/aromatic N) is 1. The zero-order chi connectivity index (χ0) is 17.9. The molecule has 3 rings (SSSR count). The summed E-state index contributed by atoms with van der Waals surface area (Å²) in [7, 11) is -4.28. The molecule has 2 aromatic rings. The molecule has 134 valence electrons. The molecule has 0 unspecified atom stereocenters. The van der Waals surface area contributed by atoms with Crippen LogP contribution in [0.4, 0.5) is 11.4 Å². The number of aromatic nitrogens is 1. The minimum Gasteiger partial charge on any atom is -0.380 e. The summed E-state index contributed by atoms with van der Waals surface area (Å²) in [5.74, 6) is 0. The molecule has 1 aromatic carbocycles. The lowest BCUT2D eigenvalue weighted by molar-refractivity contribution is -0.0437. The zero-order valence-corrected chi connectivity index (χ0v) is 14.5. The van der Waals surface area contributed by atoms with Crippen molar-refractivity contribution in [2.45, 2.75) is 12.8 Å². The Morgan fingerprint density at radius 2 is 1.88 bits per heavy atom. The van der Waals surface area contributed by atoms with Crippen molar-refractivity contribution in [2.75, 3.05) is 23.3 Å². The van der Waals surface area contributed by atoms with Gasteiger partial charge in [0.15, 0.2) is 6.29 Å². The summed E-state index contributed by atoms with van der Waals surface area (Å²) in [5.41, 5.74) is 2.55. The fourth-order valence-electron chi connectivity index (χ4n) is 2.39. The van der Waals surface area contributed by atoms with Crippen molar-refractivity contribution < 1.29 is 22.4 Å². The Hall–Kier alpha value is -1.91. The molecule has 0 radical (unpaired) electrons. The van der Waals surface area contributed by atoms with Gasteiger partial charge in [-0.15, -0.1) is 0 Å². The van der Waals surface area contributed by atoms with Gasteiger partial charge in [0.25, 0.3) is 0 Å². The molecule has 1 aliphatic heterocycles. The Bertz CT molecular complexity index is 839. The Kier molecular flexibility index (Phi) is 5.40. The van der Waals surface area contributed by atoms with Crippen LogP contribution in [0.25, 0.3) is 0 Å². The van der Waals surface area contributed by atoms with Gasteiger partial charge < -0.3 is 14.8 Å². The van der Waals surface area contributed by atoms with E-state index in [-0.39, 0.29) is 5.69 Å². The molecule has 1 aliphatic rings. The molecule has 8 nitrogen and oxygen atoms in total. The van der Waals surface area contributed by atoms with Crippen LogP contribution in [-0.4, -0.2) is 31.2 Å². The first kappa shape index (κ1) is 17.9. The second-order valence-corrected chi connectivity index (χ2v) is 6.78. The number of pyridine rings is 1. The van der Waals surface area contributed by atoms with E-state index in [9.17, 15) is 8.42 Å². The van der Waals surface area contributed by atoms with Crippen LogP contribution >= 0.6 is 11.6 Å². The standard InChI is InChI=1S/C15H16ClN3O5S/c16-14-13(15-23-7-8-24-15)12(5-6-17-14)18-9-10-1-3-11(4-2-10)19-25(20,21)22/h1-6,15,19H,7-9H2,(H,17,18)(H,20,21,22). The molecule has 2 heterocycles. The first-order chi connectivity index (χ1) is 11.9. The topological polar surface area (TPSA) is 110 Å². The van der Waals surface area contributed by atoms with Crippen molar-refractivity contribution in [3.8, 4) is 0 Å². The maximum Gasteiger partial charge on any atom is 0.357 e. The van der Waals surface area contributed by atoms with E-state index >= 15 is 0 Å². The monoisotopic (exact) mass is 385 g/mol. The van der Waals surface area contributed by atoms with E-state index in [0.717, 1.165) is 11.3 Å². The molecule has 1 aromatic heterocycles. The number of rotatable bonds is 6. The van der Waals surface area contributed by atoms with Crippen molar-refractivity contribution in [1.29, 1.82) is 0 Å². The average molecular weight is 386 g/mol. The first-order valence-corrected chi connectivity index (χ1v) is 9.20. The predicted molar refractivity (Wildman–Crippen MR) is 92.8 cm³/mol. The molecule has 10 heteroatoms. The fraction of sp³-hybridized carbons (Fsp3) is 0.267. The van der Waals surface area contributed by atoms with Gasteiger partial charge in [-0.05, 0) is 23.8 Å². The molecule has 1 fully saturated rings. The third kappa shape index (κ3) is 4.80. The Balaban J connectivity index is 1.70. The highest BCUT2D eigenvalue weighted by atomic mass is 35.5. The van der Waals surface area contributed by atoms with E-state index in [4.69, 9.17) is 25.6 Å². The summed E-state index contributed by atoms with van der Waals surface area (Å²) >= 11 is 6.17. The summed E-state index contributed by atoms with van der Waals surface area (Å²) in [6.07, 6.45) is 1.03. The Labute approximate surface area is 150 Å². The molecule has 0 spiro atoms. The molecule has 0 atom stereocenters. The Morgan fingerprint density at radius 3 is 2.52 bits per heavy atom. The molecular weight excluding hydrogens is 370 g/mol.